The fourth-order valence-corrected chi connectivity index (χ4v) is 3.58. The molecule has 1 amide bonds. The monoisotopic (exact) mass is 359 g/mol. The predicted octanol–water partition coefficient (Wildman–Crippen LogP) is 0.681. The number of aryl methyl sites for hydroxylation is 3. The highest BCUT2D eigenvalue weighted by Gasteiger charge is 2.36. The number of hydrogen-bond donors (Lipinski definition) is 3. The van der Waals surface area contributed by atoms with Crippen molar-refractivity contribution in [3.8, 4) is 0 Å². The van der Waals surface area contributed by atoms with E-state index in [1.165, 1.54) is 0 Å². The molecule has 0 spiro atoms. The molecule has 0 bridgehead atoms. The van der Waals surface area contributed by atoms with E-state index in [1.54, 1.807) is 17.8 Å². The molecule has 1 saturated carbocycles. The molecule has 2 aromatic rings. The number of nitrogens with zero attached hydrogens (tertiary/aromatic N) is 3. The first-order chi connectivity index (χ1) is 12.3. The van der Waals surface area contributed by atoms with Gasteiger partial charge in [-0.1, -0.05) is 0 Å². The summed E-state index contributed by atoms with van der Waals surface area (Å²) < 4.78 is 1.71. The molecule has 3 N–H and O–H groups in total. The second-order valence-corrected chi connectivity index (χ2v) is 7.11. The van der Waals surface area contributed by atoms with Gasteiger partial charge in [0.1, 0.15) is 0 Å². The molecule has 140 valence electrons. The third kappa shape index (κ3) is 4.01. The first-order valence-corrected chi connectivity index (χ1v) is 8.86. The molecule has 8 nitrogen and oxygen atoms in total. The number of nitrogens with one attached hydrogen (secondary N) is 2. The third-order valence-electron chi connectivity index (χ3n) is 5.08. The van der Waals surface area contributed by atoms with E-state index in [-0.39, 0.29) is 29.7 Å². The van der Waals surface area contributed by atoms with E-state index in [1.807, 2.05) is 20.2 Å². The Morgan fingerprint density at radius 2 is 2.19 bits per heavy atom. The maximum absolute atomic E-state index is 12.5. The Kier molecular flexibility index (Phi) is 5.22. The molecule has 0 saturated heterocycles. The van der Waals surface area contributed by atoms with E-state index in [0.717, 1.165) is 16.8 Å². The summed E-state index contributed by atoms with van der Waals surface area (Å²) in [5, 5.41) is 16.9. The summed E-state index contributed by atoms with van der Waals surface area (Å²) in [4.78, 5) is 30.5. The average molecular weight is 359 g/mol. The number of amides is 1. The van der Waals surface area contributed by atoms with Crippen LogP contribution in [0.3, 0.4) is 0 Å². The Labute approximate surface area is 151 Å². The molecule has 0 radical (unpaired) electrons. The van der Waals surface area contributed by atoms with Crippen LogP contribution in [0.4, 0.5) is 0 Å². The largest absolute Gasteiger partial charge is 0.393 e. The van der Waals surface area contributed by atoms with E-state index < -0.39 is 0 Å². The fourth-order valence-electron chi connectivity index (χ4n) is 3.58. The molecule has 1 aliphatic rings. The van der Waals surface area contributed by atoms with Crippen molar-refractivity contribution in [2.24, 2.45) is 13.0 Å². The highest BCUT2D eigenvalue weighted by atomic mass is 16.3. The van der Waals surface area contributed by atoms with Gasteiger partial charge in [0.2, 0.25) is 5.91 Å². The van der Waals surface area contributed by atoms with Crippen molar-refractivity contribution in [2.75, 3.05) is 0 Å². The van der Waals surface area contributed by atoms with Gasteiger partial charge in [-0.2, -0.15) is 10.1 Å². The Bertz CT molecular complexity index is 825. The van der Waals surface area contributed by atoms with Crippen molar-refractivity contribution in [2.45, 2.75) is 51.7 Å². The van der Waals surface area contributed by atoms with Crippen LogP contribution in [0.2, 0.25) is 0 Å². The Hall–Kier alpha value is -2.48. The van der Waals surface area contributed by atoms with Crippen LogP contribution in [-0.2, 0) is 18.3 Å². The quantitative estimate of drug-likeness (QED) is 0.702. The maximum atomic E-state index is 12.5. The Morgan fingerprint density at radius 3 is 2.77 bits per heavy atom. The first-order valence-electron chi connectivity index (χ1n) is 8.86. The number of H-pyrrole nitrogens is 1. The number of aromatic nitrogens is 4. The normalized spacial score (nSPS) is 20.5. The lowest BCUT2D eigenvalue weighted by atomic mass is 9.75. The third-order valence-corrected chi connectivity index (χ3v) is 5.08. The molecule has 1 fully saturated rings. The molecule has 2 heterocycles. The lowest BCUT2D eigenvalue weighted by Gasteiger charge is -2.37. The van der Waals surface area contributed by atoms with Crippen LogP contribution in [0, 0.1) is 19.8 Å². The highest BCUT2D eigenvalue weighted by Crippen LogP contribution is 2.38. The van der Waals surface area contributed by atoms with Crippen LogP contribution in [0.1, 0.15) is 47.8 Å². The van der Waals surface area contributed by atoms with Gasteiger partial charge in [0.25, 0.3) is 0 Å². The number of carbonyl (C=O) groups is 1. The molecule has 0 unspecified atom stereocenters. The molecule has 26 heavy (non-hydrogen) atoms. The van der Waals surface area contributed by atoms with Gasteiger partial charge in [-0.15, -0.1) is 0 Å². The Balaban J connectivity index is 1.66. The van der Waals surface area contributed by atoms with Gasteiger partial charge in [-0.05, 0) is 44.6 Å². The number of hydrogen-bond acceptors (Lipinski definition) is 5. The molecule has 1 aliphatic carbocycles. The summed E-state index contributed by atoms with van der Waals surface area (Å²) in [6.07, 6.45) is 5.56. The lowest BCUT2D eigenvalue weighted by Crippen LogP contribution is -2.41. The summed E-state index contributed by atoms with van der Waals surface area (Å²) in [5.74, 6) is 0.154. The second-order valence-electron chi connectivity index (χ2n) is 7.11. The molecule has 3 rings (SSSR count). The topological polar surface area (TPSA) is 113 Å². The number of carbonyl (C=O) groups excluding carboxylic acids is 1. The van der Waals surface area contributed by atoms with Crippen LogP contribution in [0.15, 0.2) is 17.2 Å². The van der Waals surface area contributed by atoms with Gasteiger partial charge in [0, 0.05) is 36.6 Å². The van der Waals surface area contributed by atoms with E-state index in [9.17, 15) is 14.7 Å². The minimum atomic E-state index is -0.367. The van der Waals surface area contributed by atoms with E-state index in [4.69, 9.17) is 0 Å². The number of aliphatic hydroxyl groups is 1. The summed E-state index contributed by atoms with van der Waals surface area (Å²) in [6, 6.07) is -0.143. The summed E-state index contributed by atoms with van der Waals surface area (Å²) >= 11 is 0. The second kappa shape index (κ2) is 7.41. The van der Waals surface area contributed by atoms with Crippen molar-refractivity contribution >= 4 is 5.91 Å². The van der Waals surface area contributed by atoms with Crippen LogP contribution >= 0.6 is 0 Å². The van der Waals surface area contributed by atoms with Crippen molar-refractivity contribution in [3.63, 3.8) is 0 Å². The summed E-state index contributed by atoms with van der Waals surface area (Å²) in [6.45, 7) is 3.60. The van der Waals surface area contributed by atoms with E-state index in [2.05, 4.69) is 20.4 Å². The van der Waals surface area contributed by atoms with Crippen molar-refractivity contribution in [3.05, 3.63) is 45.4 Å². The van der Waals surface area contributed by atoms with Crippen LogP contribution < -0.4 is 11.0 Å². The Morgan fingerprint density at radius 1 is 1.46 bits per heavy atom. The van der Waals surface area contributed by atoms with Gasteiger partial charge in [-0.3, -0.25) is 9.48 Å². The smallest absolute Gasteiger partial charge is 0.345 e. The molecule has 8 heteroatoms. The van der Waals surface area contributed by atoms with Crippen LogP contribution in [-0.4, -0.2) is 36.9 Å². The number of rotatable bonds is 6. The lowest BCUT2D eigenvalue weighted by molar-refractivity contribution is -0.123. The van der Waals surface area contributed by atoms with Gasteiger partial charge in [-0.25, -0.2) is 4.79 Å². The summed E-state index contributed by atoms with van der Waals surface area (Å²) in [5.41, 5.74) is 2.90. The molecule has 0 aromatic carbocycles. The minimum Gasteiger partial charge on any atom is -0.393 e. The van der Waals surface area contributed by atoms with Gasteiger partial charge in [0.15, 0.2) is 0 Å². The highest BCUT2D eigenvalue weighted by molar-refractivity contribution is 5.76. The SMILES string of the molecule is Cc1nc(=O)[nH]c(C)c1CCC(=O)N[C@H](c1cnn(C)c1)C1CC(O)C1. The fraction of sp³-hybridized carbons (Fsp3) is 0.556. The van der Waals surface area contributed by atoms with Crippen molar-refractivity contribution in [1.82, 2.24) is 25.1 Å². The van der Waals surface area contributed by atoms with Gasteiger partial charge >= 0.3 is 5.69 Å². The standard InChI is InChI=1S/C18H25N5O3/c1-10-15(11(2)21-18(26)20-10)4-5-16(25)22-17(12-6-14(24)7-12)13-8-19-23(3)9-13/h8-9,12,14,17,24H,4-7H2,1-3H3,(H,22,25)(H,20,21,26)/t12?,14?,17-/m0/s1. The molecular weight excluding hydrogens is 334 g/mol. The first kappa shape index (κ1) is 18.3. The molecule has 1 atom stereocenters. The number of aliphatic hydroxyl groups excluding tert-OH is 1. The average Bonchev–Trinajstić information content (AvgIpc) is 2.95. The van der Waals surface area contributed by atoms with Crippen molar-refractivity contribution in [1.29, 1.82) is 0 Å². The zero-order chi connectivity index (χ0) is 18.8. The maximum Gasteiger partial charge on any atom is 0.345 e. The molecule has 2 aromatic heterocycles. The zero-order valence-electron chi connectivity index (χ0n) is 15.3. The zero-order valence-corrected chi connectivity index (χ0v) is 15.3. The van der Waals surface area contributed by atoms with Crippen molar-refractivity contribution < 1.29 is 9.90 Å². The number of aromatic amines is 1. The van der Waals surface area contributed by atoms with Gasteiger partial charge < -0.3 is 15.4 Å². The van der Waals surface area contributed by atoms with Crippen LogP contribution in [0.5, 0.6) is 0 Å². The summed E-state index contributed by atoms with van der Waals surface area (Å²) in [7, 11) is 1.84. The minimum absolute atomic E-state index is 0.0646. The van der Waals surface area contributed by atoms with Gasteiger partial charge in [0.05, 0.1) is 18.3 Å². The predicted molar refractivity (Wildman–Crippen MR) is 95.5 cm³/mol. The van der Waals surface area contributed by atoms with E-state index in [0.29, 0.717) is 31.4 Å². The molecular formula is C18H25N5O3. The van der Waals surface area contributed by atoms with E-state index >= 15 is 0 Å². The molecule has 0 aliphatic heterocycles. The van der Waals surface area contributed by atoms with Crippen LogP contribution in [0.25, 0.3) is 0 Å².